The predicted molar refractivity (Wildman–Crippen MR) is 96.7 cm³/mol. The van der Waals surface area contributed by atoms with Crippen LogP contribution >= 0.6 is 11.6 Å². The molecule has 1 N–H and O–H groups in total. The zero-order chi connectivity index (χ0) is 18.8. The number of amides is 1. The van der Waals surface area contributed by atoms with Crippen LogP contribution in [-0.2, 0) is 10.0 Å². The summed E-state index contributed by atoms with van der Waals surface area (Å²) in [6.07, 6.45) is 0. The van der Waals surface area contributed by atoms with Gasteiger partial charge in [0, 0.05) is 30.9 Å². The molecule has 0 fully saturated rings. The molecule has 6 nitrogen and oxygen atoms in total. The van der Waals surface area contributed by atoms with Crippen molar-refractivity contribution < 1.29 is 18.0 Å². The minimum atomic E-state index is -3.77. The van der Waals surface area contributed by atoms with E-state index >= 15 is 0 Å². The summed E-state index contributed by atoms with van der Waals surface area (Å²) in [5, 5.41) is 2.69. The number of Topliss-reactive ketones (excluding diaryl/α,β-unsaturated/α-hetero) is 1. The quantitative estimate of drug-likeness (QED) is 0.808. The fourth-order valence-corrected chi connectivity index (χ4v) is 3.42. The number of anilines is 1. The number of carbonyl (C=O) groups is 2. The molecule has 0 atom stereocenters. The van der Waals surface area contributed by atoms with Crippen molar-refractivity contribution in [2.45, 2.75) is 11.8 Å². The van der Waals surface area contributed by atoms with E-state index in [-0.39, 0.29) is 21.3 Å². The van der Waals surface area contributed by atoms with Gasteiger partial charge in [-0.2, -0.15) is 0 Å². The minimum absolute atomic E-state index is 0.0380. The van der Waals surface area contributed by atoms with Gasteiger partial charge in [0.1, 0.15) is 4.90 Å². The Morgan fingerprint density at radius 2 is 1.56 bits per heavy atom. The maximum Gasteiger partial charge on any atom is 0.255 e. The Hall–Kier alpha value is -2.22. The van der Waals surface area contributed by atoms with Gasteiger partial charge in [-0.25, -0.2) is 12.7 Å². The lowest BCUT2D eigenvalue weighted by Gasteiger charge is -2.14. The lowest BCUT2D eigenvalue weighted by atomic mass is 10.1. The second kappa shape index (κ2) is 7.35. The zero-order valence-corrected chi connectivity index (χ0v) is 15.5. The number of benzene rings is 2. The molecule has 0 aliphatic heterocycles. The van der Waals surface area contributed by atoms with Crippen molar-refractivity contribution in [2.24, 2.45) is 0 Å². The number of nitrogens with zero attached hydrogens (tertiary/aromatic N) is 1. The number of hydrogen-bond donors (Lipinski definition) is 1. The molecule has 2 rings (SSSR count). The van der Waals surface area contributed by atoms with Gasteiger partial charge in [-0.15, -0.1) is 0 Å². The molecule has 0 unspecified atom stereocenters. The van der Waals surface area contributed by atoms with E-state index < -0.39 is 15.9 Å². The van der Waals surface area contributed by atoms with Crippen LogP contribution in [-0.4, -0.2) is 38.5 Å². The lowest BCUT2D eigenvalue weighted by molar-refractivity contribution is 0.101. The molecule has 1 amide bonds. The Morgan fingerprint density at radius 3 is 2.08 bits per heavy atom. The van der Waals surface area contributed by atoms with Crippen LogP contribution in [0.25, 0.3) is 0 Å². The second-order valence-electron chi connectivity index (χ2n) is 5.52. The van der Waals surface area contributed by atoms with Crippen LogP contribution in [0.1, 0.15) is 27.6 Å². The number of hydrogen-bond acceptors (Lipinski definition) is 4. The van der Waals surface area contributed by atoms with Crippen molar-refractivity contribution in [3.63, 3.8) is 0 Å². The standard InChI is InChI=1S/C17H17ClN2O4S/c1-11(21)12-4-7-14(8-5-12)19-17(22)13-6-9-15(18)16(10-13)25(23,24)20(2)3/h4-10H,1-3H3,(H,19,22). The summed E-state index contributed by atoms with van der Waals surface area (Å²) in [5.41, 5.74) is 1.17. The Kier molecular flexibility index (Phi) is 5.62. The smallest absolute Gasteiger partial charge is 0.255 e. The summed E-state index contributed by atoms with van der Waals surface area (Å²) < 4.78 is 25.6. The molecule has 0 radical (unpaired) electrons. The normalized spacial score (nSPS) is 11.4. The van der Waals surface area contributed by atoms with Gasteiger partial charge in [0.05, 0.1) is 5.02 Å². The summed E-state index contributed by atoms with van der Waals surface area (Å²) in [6.45, 7) is 1.45. The van der Waals surface area contributed by atoms with Gasteiger partial charge in [0.2, 0.25) is 10.0 Å². The molecule has 0 saturated heterocycles. The Balaban J connectivity index is 2.30. The third-order valence-corrected chi connectivity index (χ3v) is 5.80. The molecular formula is C17H17ClN2O4S. The van der Waals surface area contributed by atoms with Crippen LogP contribution in [0.3, 0.4) is 0 Å². The Bertz CT molecular complexity index is 922. The first kappa shape index (κ1) is 19.1. The van der Waals surface area contributed by atoms with Crippen LogP contribution in [0.15, 0.2) is 47.4 Å². The van der Waals surface area contributed by atoms with E-state index in [0.717, 1.165) is 4.31 Å². The molecule has 0 spiro atoms. The fraction of sp³-hybridized carbons (Fsp3) is 0.176. The van der Waals surface area contributed by atoms with Crippen LogP contribution < -0.4 is 5.32 Å². The maximum absolute atomic E-state index is 12.4. The number of halogens is 1. The zero-order valence-electron chi connectivity index (χ0n) is 13.9. The highest BCUT2D eigenvalue weighted by atomic mass is 35.5. The molecule has 0 bridgehead atoms. The van der Waals surface area contributed by atoms with Gasteiger partial charge >= 0.3 is 0 Å². The molecule has 0 aromatic heterocycles. The summed E-state index contributed by atoms with van der Waals surface area (Å²) in [6, 6.07) is 10.4. The van der Waals surface area contributed by atoms with Gasteiger partial charge in [-0.3, -0.25) is 9.59 Å². The van der Waals surface area contributed by atoms with E-state index in [9.17, 15) is 18.0 Å². The highest BCUT2D eigenvalue weighted by Gasteiger charge is 2.22. The molecule has 2 aromatic rings. The first-order valence-corrected chi connectivity index (χ1v) is 9.09. The molecule has 0 aliphatic rings. The topological polar surface area (TPSA) is 83.5 Å². The van der Waals surface area contributed by atoms with Crippen molar-refractivity contribution in [1.29, 1.82) is 0 Å². The second-order valence-corrected chi connectivity index (χ2v) is 8.05. The Morgan fingerprint density at radius 1 is 1.00 bits per heavy atom. The molecule has 0 aliphatic carbocycles. The number of rotatable bonds is 5. The van der Waals surface area contributed by atoms with Gasteiger partial charge < -0.3 is 5.32 Å². The summed E-state index contributed by atoms with van der Waals surface area (Å²) in [4.78, 5) is 23.5. The first-order chi connectivity index (χ1) is 11.6. The van der Waals surface area contributed by atoms with Gasteiger partial charge in [0.25, 0.3) is 5.91 Å². The van der Waals surface area contributed by atoms with Crippen molar-refractivity contribution in [3.05, 3.63) is 58.6 Å². The van der Waals surface area contributed by atoms with Crippen molar-refractivity contribution >= 4 is 39.0 Å². The van der Waals surface area contributed by atoms with Crippen molar-refractivity contribution in [1.82, 2.24) is 4.31 Å². The third-order valence-electron chi connectivity index (χ3n) is 3.50. The first-order valence-electron chi connectivity index (χ1n) is 7.27. The molecule has 0 saturated carbocycles. The highest BCUT2D eigenvalue weighted by molar-refractivity contribution is 7.89. The van der Waals surface area contributed by atoms with Crippen molar-refractivity contribution in [3.8, 4) is 0 Å². The third kappa shape index (κ3) is 4.25. The van der Waals surface area contributed by atoms with Crippen LogP contribution in [0.4, 0.5) is 5.69 Å². The fourth-order valence-electron chi connectivity index (χ4n) is 2.03. The lowest BCUT2D eigenvalue weighted by Crippen LogP contribution is -2.23. The number of carbonyl (C=O) groups excluding carboxylic acids is 2. The SMILES string of the molecule is CC(=O)c1ccc(NC(=O)c2ccc(Cl)c(S(=O)(=O)N(C)C)c2)cc1. The van der Waals surface area contributed by atoms with E-state index in [1.165, 1.54) is 39.2 Å². The largest absolute Gasteiger partial charge is 0.322 e. The van der Waals surface area contributed by atoms with E-state index in [0.29, 0.717) is 11.3 Å². The number of ketones is 1. The average Bonchev–Trinajstić information content (AvgIpc) is 2.55. The Labute approximate surface area is 151 Å². The molecule has 8 heteroatoms. The minimum Gasteiger partial charge on any atom is -0.322 e. The number of sulfonamides is 1. The number of nitrogens with one attached hydrogen (secondary N) is 1. The van der Waals surface area contributed by atoms with Crippen LogP contribution in [0.2, 0.25) is 5.02 Å². The van der Waals surface area contributed by atoms with Crippen molar-refractivity contribution in [2.75, 3.05) is 19.4 Å². The molecule has 2 aromatic carbocycles. The van der Waals surface area contributed by atoms with E-state index in [2.05, 4.69) is 5.32 Å². The van der Waals surface area contributed by atoms with Gasteiger partial charge in [-0.1, -0.05) is 11.6 Å². The van der Waals surface area contributed by atoms with E-state index in [4.69, 9.17) is 11.6 Å². The average molecular weight is 381 g/mol. The predicted octanol–water partition coefficient (Wildman–Crippen LogP) is 3.05. The monoisotopic (exact) mass is 380 g/mol. The van der Waals surface area contributed by atoms with Crippen LogP contribution in [0, 0.1) is 0 Å². The summed E-state index contributed by atoms with van der Waals surface area (Å²) in [7, 11) is -1.000. The molecule has 0 heterocycles. The van der Waals surface area contributed by atoms with E-state index in [1.54, 1.807) is 24.3 Å². The highest BCUT2D eigenvalue weighted by Crippen LogP contribution is 2.25. The molecular weight excluding hydrogens is 364 g/mol. The maximum atomic E-state index is 12.4. The van der Waals surface area contributed by atoms with E-state index in [1.807, 2.05) is 0 Å². The van der Waals surface area contributed by atoms with Crippen LogP contribution in [0.5, 0.6) is 0 Å². The molecule has 25 heavy (non-hydrogen) atoms. The van der Waals surface area contributed by atoms with Gasteiger partial charge in [-0.05, 0) is 49.4 Å². The summed E-state index contributed by atoms with van der Waals surface area (Å²) in [5.74, 6) is -0.559. The summed E-state index contributed by atoms with van der Waals surface area (Å²) >= 11 is 5.97. The molecule has 132 valence electrons. The van der Waals surface area contributed by atoms with Gasteiger partial charge in [0.15, 0.2) is 5.78 Å².